The Morgan fingerprint density at radius 1 is 1.04 bits per heavy atom. The van der Waals surface area contributed by atoms with Crippen molar-refractivity contribution in [2.75, 3.05) is 13.1 Å². The minimum atomic E-state index is -1.13. The zero-order valence-corrected chi connectivity index (χ0v) is 14.6. The van der Waals surface area contributed by atoms with Crippen molar-refractivity contribution in [1.82, 2.24) is 15.1 Å². The van der Waals surface area contributed by atoms with Gasteiger partial charge in [0.25, 0.3) is 0 Å². The number of aliphatic carboxylic acids is 1. The summed E-state index contributed by atoms with van der Waals surface area (Å²) >= 11 is 0. The van der Waals surface area contributed by atoms with Crippen LogP contribution in [0.5, 0.6) is 0 Å². The first-order valence-electron chi connectivity index (χ1n) is 8.63. The van der Waals surface area contributed by atoms with Gasteiger partial charge >= 0.3 is 5.97 Å². The van der Waals surface area contributed by atoms with Gasteiger partial charge in [-0.15, -0.1) is 0 Å². The Kier molecular flexibility index (Phi) is 5.99. The number of carboxylic acid groups (broad SMARTS) is 1. The number of hydrogen-bond acceptors (Lipinski definition) is 5. The second kappa shape index (κ2) is 7.81. The van der Waals surface area contributed by atoms with Crippen molar-refractivity contribution >= 4 is 23.7 Å². The van der Waals surface area contributed by atoms with Crippen molar-refractivity contribution in [3.05, 3.63) is 0 Å². The van der Waals surface area contributed by atoms with Crippen molar-refractivity contribution < 1.29 is 24.3 Å². The van der Waals surface area contributed by atoms with E-state index in [1.165, 1.54) is 16.7 Å². The van der Waals surface area contributed by atoms with Crippen molar-refractivity contribution in [3.8, 4) is 0 Å². The molecule has 2 rings (SSSR count). The highest BCUT2D eigenvalue weighted by Crippen LogP contribution is 2.25. The summed E-state index contributed by atoms with van der Waals surface area (Å²) in [7, 11) is 0. The second-order valence-electron chi connectivity index (χ2n) is 6.74. The zero-order valence-electron chi connectivity index (χ0n) is 14.6. The predicted molar refractivity (Wildman–Crippen MR) is 88.4 cm³/mol. The van der Waals surface area contributed by atoms with E-state index in [1.54, 1.807) is 6.92 Å². The van der Waals surface area contributed by atoms with Gasteiger partial charge in [0, 0.05) is 13.1 Å². The molecule has 25 heavy (non-hydrogen) atoms. The van der Waals surface area contributed by atoms with Crippen molar-refractivity contribution in [3.63, 3.8) is 0 Å². The molecule has 140 valence electrons. The monoisotopic (exact) mass is 354 g/mol. The molecule has 0 aliphatic carbocycles. The number of nitrogens with zero attached hydrogens (tertiary/aromatic N) is 2. The first kappa shape index (κ1) is 19.2. The van der Waals surface area contributed by atoms with Gasteiger partial charge in [0.15, 0.2) is 0 Å². The van der Waals surface area contributed by atoms with Crippen molar-refractivity contribution in [2.24, 2.45) is 5.73 Å². The summed E-state index contributed by atoms with van der Waals surface area (Å²) < 4.78 is 0. The van der Waals surface area contributed by atoms with Gasteiger partial charge in [0.05, 0.1) is 6.04 Å². The highest BCUT2D eigenvalue weighted by Gasteiger charge is 2.42. The van der Waals surface area contributed by atoms with E-state index < -0.39 is 36.0 Å². The van der Waals surface area contributed by atoms with Crippen LogP contribution in [0.2, 0.25) is 0 Å². The number of amides is 3. The van der Waals surface area contributed by atoms with Gasteiger partial charge in [-0.05, 0) is 39.5 Å². The summed E-state index contributed by atoms with van der Waals surface area (Å²) in [4.78, 5) is 51.3. The van der Waals surface area contributed by atoms with E-state index in [2.05, 4.69) is 5.32 Å². The van der Waals surface area contributed by atoms with Crippen LogP contribution in [0, 0.1) is 0 Å². The number of nitrogens with one attached hydrogen (secondary N) is 1. The normalized spacial score (nSPS) is 25.6. The van der Waals surface area contributed by atoms with Gasteiger partial charge in [0.2, 0.25) is 17.7 Å². The zero-order chi connectivity index (χ0) is 18.7. The number of hydrogen-bond donors (Lipinski definition) is 3. The first-order valence-corrected chi connectivity index (χ1v) is 8.63. The summed E-state index contributed by atoms with van der Waals surface area (Å²) in [6.07, 6.45) is 2.42. The minimum Gasteiger partial charge on any atom is -0.480 e. The van der Waals surface area contributed by atoms with E-state index in [0.29, 0.717) is 32.4 Å². The number of likely N-dealkylation sites (tertiary alicyclic amines) is 2. The van der Waals surface area contributed by atoms with E-state index in [-0.39, 0.29) is 11.8 Å². The topological polar surface area (TPSA) is 133 Å². The molecule has 2 aliphatic heterocycles. The first-order chi connectivity index (χ1) is 11.7. The molecule has 2 saturated heterocycles. The third kappa shape index (κ3) is 4.09. The van der Waals surface area contributed by atoms with Crippen LogP contribution in [-0.2, 0) is 19.2 Å². The maximum absolute atomic E-state index is 12.9. The van der Waals surface area contributed by atoms with Crippen LogP contribution in [-0.4, -0.2) is 75.9 Å². The SMILES string of the molecule is CC(N)C(=O)N1CCCC1C(=O)N1CCCC1C(=O)NC(C)C(=O)O. The van der Waals surface area contributed by atoms with Crippen LogP contribution >= 0.6 is 0 Å². The Labute approximate surface area is 146 Å². The third-order valence-electron chi connectivity index (χ3n) is 4.78. The molecule has 2 aliphatic rings. The van der Waals surface area contributed by atoms with Crippen LogP contribution in [0.3, 0.4) is 0 Å². The minimum absolute atomic E-state index is 0.257. The average Bonchev–Trinajstić information content (AvgIpc) is 3.22. The number of carboxylic acids is 1. The lowest BCUT2D eigenvalue weighted by atomic mass is 10.1. The smallest absolute Gasteiger partial charge is 0.325 e. The van der Waals surface area contributed by atoms with Gasteiger partial charge < -0.3 is 26.0 Å². The molecule has 4 N–H and O–H groups in total. The fourth-order valence-electron chi connectivity index (χ4n) is 3.41. The Hall–Kier alpha value is -2.16. The predicted octanol–water partition coefficient (Wildman–Crippen LogP) is -1.10. The molecule has 3 amide bonds. The van der Waals surface area contributed by atoms with Crippen LogP contribution in [0.4, 0.5) is 0 Å². The Morgan fingerprint density at radius 3 is 2.16 bits per heavy atom. The lowest BCUT2D eigenvalue weighted by Gasteiger charge is -2.31. The fourth-order valence-corrected chi connectivity index (χ4v) is 3.41. The highest BCUT2D eigenvalue weighted by molar-refractivity contribution is 5.94. The Balaban J connectivity index is 2.08. The van der Waals surface area contributed by atoms with E-state index in [4.69, 9.17) is 10.8 Å². The quantitative estimate of drug-likeness (QED) is 0.574. The number of rotatable bonds is 5. The van der Waals surface area contributed by atoms with Crippen LogP contribution < -0.4 is 11.1 Å². The van der Waals surface area contributed by atoms with Crippen LogP contribution in [0.1, 0.15) is 39.5 Å². The molecule has 0 bridgehead atoms. The molecule has 0 saturated carbocycles. The largest absolute Gasteiger partial charge is 0.480 e. The number of carbonyl (C=O) groups is 4. The lowest BCUT2D eigenvalue weighted by molar-refractivity contribution is -0.148. The molecule has 2 heterocycles. The van der Waals surface area contributed by atoms with E-state index >= 15 is 0 Å². The molecule has 4 atom stereocenters. The molecule has 9 nitrogen and oxygen atoms in total. The summed E-state index contributed by atoms with van der Waals surface area (Å²) in [6, 6.07) is -2.99. The summed E-state index contributed by atoms with van der Waals surface area (Å²) in [5.74, 6) is -2.12. The van der Waals surface area contributed by atoms with E-state index in [9.17, 15) is 19.2 Å². The summed E-state index contributed by atoms with van der Waals surface area (Å²) in [6.45, 7) is 3.87. The van der Waals surface area contributed by atoms with Crippen LogP contribution in [0.15, 0.2) is 0 Å². The van der Waals surface area contributed by atoms with E-state index in [1.807, 2.05) is 0 Å². The molecule has 2 fully saturated rings. The highest BCUT2D eigenvalue weighted by atomic mass is 16.4. The standard InChI is InChI=1S/C16H26N4O5/c1-9(17)14(22)20-8-4-6-12(20)15(23)19-7-3-5-11(19)13(21)18-10(2)16(24)25/h9-12H,3-8,17H2,1-2H3,(H,18,21)(H,24,25). The number of carbonyl (C=O) groups excluding carboxylic acids is 3. The lowest BCUT2D eigenvalue weighted by Crippen LogP contribution is -2.55. The molecule has 0 spiro atoms. The molecule has 0 aromatic heterocycles. The van der Waals surface area contributed by atoms with Crippen molar-refractivity contribution in [1.29, 1.82) is 0 Å². The summed E-state index contributed by atoms with van der Waals surface area (Å²) in [5, 5.41) is 11.3. The van der Waals surface area contributed by atoms with Gasteiger partial charge in [-0.25, -0.2) is 0 Å². The van der Waals surface area contributed by atoms with Gasteiger partial charge in [-0.1, -0.05) is 0 Å². The molecular formula is C16H26N4O5. The molecule has 0 radical (unpaired) electrons. The summed E-state index contributed by atoms with van der Waals surface area (Å²) in [5.41, 5.74) is 5.65. The average molecular weight is 354 g/mol. The molecule has 0 aromatic rings. The van der Waals surface area contributed by atoms with E-state index in [0.717, 1.165) is 6.42 Å². The third-order valence-corrected chi connectivity index (χ3v) is 4.78. The fraction of sp³-hybridized carbons (Fsp3) is 0.750. The van der Waals surface area contributed by atoms with Crippen molar-refractivity contribution in [2.45, 2.75) is 63.7 Å². The maximum Gasteiger partial charge on any atom is 0.325 e. The molecular weight excluding hydrogens is 328 g/mol. The molecule has 4 unspecified atom stereocenters. The maximum atomic E-state index is 12.9. The van der Waals surface area contributed by atoms with Gasteiger partial charge in [-0.2, -0.15) is 0 Å². The second-order valence-corrected chi connectivity index (χ2v) is 6.74. The molecule has 9 heteroatoms. The van der Waals surface area contributed by atoms with Gasteiger partial charge in [-0.3, -0.25) is 19.2 Å². The Bertz CT molecular complexity index is 565. The molecule has 0 aromatic carbocycles. The Morgan fingerprint density at radius 2 is 1.60 bits per heavy atom. The van der Waals surface area contributed by atoms with Gasteiger partial charge in [0.1, 0.15) is 18.1 Å². The van der Waals surface area contributed by atoms with Crippen LogP contribution in [0.25, 0.3) is 0 Å². The number of nitrogens with two attached hydrogens (primary N) is 1.